The van der Waals surface area contributed by atoms with Gasteiger partial charge in [-0.05, 0) is 35.9 Å². The summed E-state index contributed by atoms with van der Waals surface area (Å²) in [6.45, 7) is 0.451. The maximum atomic E-state index is 12.6. The highest BCUT2D eigenvalue weighted by Gasteiger charge is 2.31. The Morgan fingerprint density at radius 3 is 2.38 bits per heavy atom. The zero-order chi connectivity index (χ0) is 20.3. The van der Waals surface area contributed by atoms with Crippen molar-refractivity contribution in [3.8, 4) is 17.1 Å². The lowest BCUT2D eigenvalue weighted by Gasteiger charge is -2.13. The van der Waals surface area contributed by atoms with Crippen LogP contribution in [-0.4, -0.2) is 21.3 Å². The first-order valence-corrected chi connectivity index (χ1v) is 8.74. The van der Waals surface area contributed by atoms with E-state index in [2.05, 4.69) is 25.0 Å². The molecular weight excluding hydrogens is 381 g/mol. The lowest BCUT2D eigenvalue weighted by molar-refractivity contribution is -0.274. The number of alkyl halides is 3. The second-order valence-corrected chi connectivity index (χ2v) is 6.20. The Morgan fingerprint density at radius 1 is 0.897 bits per heavy atom. The summed E-state index contributed by atoms with van der Waals surface area (Å²) in [6, 6.07) is 17.2. The number of halogens is 3. The van der Waals surface area contributed by atoms with E-state index < -0.39 is 6.36 Å². The van der Waals surface area contributed by atoms with Gasteiger partial charge in [0.05, 0.1) is 5.52 Å². The molecule has 0 unspecified atom stereocenters. The van der Waals surface area contributed by atoms with Crippen LogP contribution in [-0.2, 0) is 6.54 Å². The largest absolute Gasteiger partial charge is 0.573 e. The maximum absolute atomic E-state index is 12.6. The summed E-state index contributed by atoms with van der Waals surface area (Å²) in [5, 5.41) is 3.63. The van der Waals surface area contributed by atoms with E-state index in [0.717, 1.165) is 11.1 Å². The molecule has 0 aliphatic rings. The van der Waals surface area contributed by atoms with E-state index in [1.165, 1.54) is 18.2 Å². The average molecular weight is 396 g/mol. The van der Waals surface area contributed by atoms with Crippen LogP contribution in [0.25, 0.3) is 22.3 Å². The lowest BCUT2D eigenvalue weighted by atomic mass is 10.2. The van der Waals surface area contributed by atoms with Crippen molar-refractivity contribution in [3.63, 3.8) is 0 Å². The maximum Gasteiger partial charge on any atom is 0.573 e. The van der Waals surface area contributed by atoms with Crippen molar-refractivity contribution in [2.75, 3.05) is 5.32 Å². The molecule has 0 saturated carbocycles. The number of fused-ring (bicyclic) bond motifs is 1. The number of aromatic nitrogens is 3. The monoisotopic (exact) mass is 396 g/mol. The first kappa shape index (κ1) is 18.7. The summed E-state index contributed by atoms with van der Waals surface area (Å²) in [5.41, 5.74) is 2.25. The zero-order valence-electron chi connectivity index (χ0n) is 15.0. The Bertz CT molecular complexity index is 1120. The van der Waals surface area contributed by atoms with Crippen LogP contribution in [0.4, 0.5) is 19.0 Å². The van der Waals surface area contributed by atoms with Gasteiger partial charge in [-0.2, -0.15) is 0 Å². The van der Waals surface area contributed by atoms with Gasteiger partial charge in [0, 0.05) is 29.9 Å². The Morgan fingerprint density at radius 2 is 1.66 bits per heavy atom. The van der Waals surface area contributed by atoms with Crippen molar-refractivity contribution in [2.45, 2.75) is 12.9 Å². The normalized spacial score (nSPS) is 11.4. The van der Waals surface area contributed by atoms with E-state index in [0.29, 0.717) is 29.1 Å². The van der Waals surface area contributed by atoms with Gasteiger partial charge in [-0.25, -0.2) is 9.97 Å². The second-order valence-electron chi connectivity index (χ2n) is 6.20. The molecule has 0 bridgehead atoms. The predicted molar refractivity (Wildman–Crippen MR) is 103 cm³/mol. The van der Waals surface area contributed by atoms with Gasteiger partial charge >= 0.3 is 6.36 Å². The van der Waals surface area contributed by atoms with Crippen molar-refractivity contribution >= 4 is 16.7 Å². The van der Waals surface area contributed by atoms with E-state index in [1.54, 1.807) is 24.5 Å². The molecule has 0 spiro atoms. The molecule has 2 aromatic carbocycles. The molecule has 146 valence electrons. The molecule has 5 nitrogen and oxygen atoms in total. The van der Waals surface area contributed by atoms with Crippen molar-refractivity contribution < 1.29 is 17.9 Å². The number of rotatable bonds is 5. The van der Waals surface area contributed by atoms with Crippen LogP contribution >= 0.6 is 0 Å². The third-order valence-electron chi connectivity index (χ3n) is 4.14. The fourth-order valence-corrected chi connectivity index (χ4v) is 2.85. The summed E-state index contributed by atoms with van der Waals surface area (Å²) < 4.78 is 41.9. The summed E-state index contributed by atoms with van der Waals surface area (Å²) >= 11 is 0. The molecule has 1 N–H and O–H groups in total. The highest BCUT2D eigenvalue weighted by atomic mass is 19.4. The molecule has 0 radical (unpaired) electrons. The van der Waals surface area contributed by atoms with Crippen molar-refractivity contribution in [2.24, 2.45) is 0 Å². The van der Waals surface area contributed by atoms with Crippen LogP contribution in [0, 0.1) is 0 Å². The Balaban J connectivity index is 1.77. The molecule has 0 fully saturated rings. The van der Waals surface area contributed by atoms with Gasteiger partial charge in [0.1, 0.15) is 11.6 Å². The highest BCUT2D eigenvalue weighted by Crippen LogP contribution is 2.31. The fourth-order valence-electron chi connectivity index (χ4n) is 2.85. The molecule has 4 aromatic rings. The number of pyridine rings is 1. The number of ether oxygens (including phenoxy) is 1. The molecule has 0 aliphatic heterocycles. The van der Waals surface area contributed by atoms with Crippen molar-refractivity contribution in [1.29, 1.82) is 0 Å². The van der Waals surface area contributed by atoms with Crippen LogP contribution in [0.15, 0.2) is 73.1 Å². The van der Waals surface area contributed by atoms with E-state index >= 15 is 0 Å². The Labute approximate surface area is 164 Å². The number of benzene rings is 2. The summed E-state index contributed by atoms with van der Waals surface area (Å²) in [4.78, 5) is 13.0. The van der Waals surface area contributed by atoms with Crippen LogP contribution in [0.3, 0.4) is 0 Å². The van der Waals surface area contributed by atoms with E-state index in [-0.39, 0.29) is 5.75 Å². The third-order valence-corrected chi connectivity index (χ3v) is 4.14. The van der Waals surface area contributed by atoms with Gasteiger partial charge in [-0.1, -0.05) is 30.3 Å². The number of hydrogen-bond donors (Lipinski definition) is 1. The SMILES string of the molecule is FC(F)(F)Oc1ccc2nc(-c3ccncc3)nc(NCc3ccccc3)c2c1. The number of nitrogens with zero attached hydrogens (tertiary/aromatic N) is 3. The number of hydrogen-bond acceptors (Lipinski definition) is 5. The van der Waals surface area contributed by atoms with Crippen molar-refractivity contribution in [3.05, 3.63) is 78.6 Å². The molecule has 0 saturated heterocycles. The van der Waals surface area contributed by atoms with E-state index in [9.17, 15) is 13.2 Å². The Hall–Kier alpha value is -3.68. The van der Waals surface area contributed by atoms with Crippen LogP contribution in [0.5, 0.6) is 5.75 Å². The van der Waals surface area contributed by atoms with Gasteiger partial charge in [-0.15, -0.1) is 13.2 Å². The van der Waals surface area contributed by atoms with Crippen LogP contribution in [0.1, 0.15) is 5.56 Å². The fraction of sp³-hybridized carbons (Fsp3) is 0.0952. The first-order valence-electron chi connectivity index (χ1n) is 8.74. The van der Waals surface area contributed by atoms with E-state index in [1.807, 2.05) is 30.3 Å². The molecule has 2 aromatic heterocycles. The smallest absolute Gasteiger partial charge is 0.406 e. The van der Waals surface area contributed by atoms with Gasteiger partial charge < -0.3 is 10.1 Å². The molecule has 0 aliphatic carbocycles. The minimum Gasteiger partial charge on any atom is -0.406 e. The Kier molecular flexibility index (Phi) is 4.99. The zero-order valence-corrected chi connectivity index (χ0v) is 15.0. The van der Waals surface area contributed by atoms with Crippen LogP contribution in [0.2, 0.25) is 0 Å². The second kappa shape index (κ2) is 7.75. The summed E-state index contributed by atoms with van der Waals surface area (Å²) in [7, 11) is 0. The molecule has 8 heteroatoms. The molecule has 2 heterocycles. The van der Waals surface area contributed by atoms with Gasteiger partial charge in [0.15, 0.2) is 5.82 Å². The first-order chi connectivity index (χ1) is 14.0. The molecular formula is C21H15F3N4O. The van der Waals surface area contributed by atoms with Crippen LogP contribution < -0.4 is 10.1 Å². The number of anilines is 1. The van der Waals surface area contributed by atoms with Gasteiger partial charge in [0.25, 0.3) is 0 Å². The van der Waals surface area contributed by atoms with Gasteiger partial charge in [0.2, 0.25) is 0 Å². The minimum atomic E-state index is -4.77. The minimum absolute atomic E-state index is 0.326. The van der Waals surface area contributed by atoms with Crippen molar-refractivity contribution in [1.82, 2.24) is 15.0 Å². The number of nitrogens with one attached hydrogen (secondary N) is 1. The summed E-state index contributed by atoms with van der Waals surface area (Å²) in [5.74, 6) is 0.534. The molecule has 0 amide bonds. The molecule has 29 heavy (non-hydrogen) atoms. The lowest BCUT2D eigenvalue weighted by Crippen LogP contribution is -2.17. The summed E-state index contributed by atoms with van der Waals surface area (Å²) in [6.07, 6.45) is -1.52. The quantitative estimate of drug-likeness (QED) is 0.502. The van der Waals surface area contributed by atoms with Gasteiger partial charge in [-0.3, -0.25) is 4.98 Å². The highest BCUT2D eigenvalue weighted by molar-refractivity contribution is 5.91. The molecule has 0 atom stereocenters. The molecule has 4 rings (SSSR count). The average Bonchev–Trinajstić information content (AvgIpc) is 2.72. The standard InChI is InChI=1S/C21H15F3N4O/c22-21(23,24)29-16-6-7-18-17(12-16)20(26-13-14-4-2-1-3-5-14)28-19(27-18)15-8-10-25-11-9-15/h1-12H,13H2,(H,26,27,28). The third kappa shape index (κ3) is 4.60. The predicted octanol–water partition coefficient (Wildman–Crippen LogP) is 5.20. The van der Waals surface area contributed by atoms with E-state index in [4.69, 9.17) is 0 Å². The topological polar surface area (TPSA) is 59.9 Å².